The van der Waals surface area contributed by atoms with Gasteiger partial charge in [-0.2, -0.15) is 0 Å². The molecule has 4 atom stereocenters. The number of carbonyl (C=O) groups is 3. The fraction of sp³-hybridized carbons (Fsp3) is 0.400. The van der Waals surface area contributed by atoms with E-state index in [4.69, 9.17) is 4.74 Å². The standard InChI is InChI=1S/C25H27NO5S/c1-4-14-5-7-15(8-6-14)18-13(2)32-23(21(18)25(30)31-3)26-22(27)19-16-9-11-17(12-10-16)20(19)24(28)29/h5-9,11,16-17,19-20H,4,10,12H2,1-3H3,(H,26,27)(H,28,29)/t16-,17+,19-,20+/m1/s1. The smallest absolute Gasteiger partial charge is 0.341 e. The van der Waals surface area contributed by atoms with Gasteiger partial charge in [-0.05, 0) is 49.1 Å². The van der Waals surface area contributed by atoms with Crippen molar-refractivity contribution in [3.63, 3.8) is 0 Å². The van der Waals surface area contributed by atoms with E-state index < -0.39 is 23.8 Å². The number of aliphatic carboxylic acids is 1. The number of methoxy groups -OCH3 is 1. The van der Waals surface area contributed by atoms with Crippen molar-refractivity contribution in [1.82, 2.24) is 0 Å². The number of hydrogen-bond acceptors (Lipinski definition) is 5. The molecule has 0 aliphatic heterocycles. The van der Waals surface area contributed by atoms with Crippen LogP contribution in [0.4, 0.5) is 5.00 Å². The number of fused-ring (bicyclic) bond motifs is 2. The van der Waals surface area contributed by atoms with E-state index in [0.717, 1.165) is 35.3 Å². The fourth-order valence-corrected chi connectivity index (χ4v) is 6.13. The van der Waals surface area contributed by atoms with Gasteiger partial charge in [0, 0.05) is 10.4 Å². The maximum atomic E-state index is 13.3. The predicted octanol–water partition coefficient (Wildman–Crippen LogP) is 4.92. The lowest BCUT2D eigenvalue weighted by Gasteiger charge is -2.41. The first-order chi connectivity index (χ1) is 15.3. The molecule has 3 aliphatic carbocycles. The van der Waals surface area contributed by atoms with Gasteiger partial charge in [0.25, 0.3) is 0 Å². The van der Waals surface area contributed by atoms with Crippen molar-refractivity contribution < 1.29 is 24.2 Å². The molecule has 6 nitrogen and oxygen atoms in total. The maximum absolute atomic E-state index is 13.3. The monoisotopic (exact) mass is 453 g/mol. The number of carboxylic acid groups (broad SMARTS) is 1. The van der Waals surface area contributed by atoms with Gasteiger partial charge >= 0.3 is 11.9 Å². The lowest BCUT2D eigenvalue weighted by molar-refractivity contribution is -0.151. The molecule has 2 bridgehead atoms. The second kappa shape index (κ2) is 8.90. The lowest BCUT2D eigenvalue weighted by Crippen LogP contribution is -2.47. The number of anilines is 1. The van der Waals surface area contributed by atoms with Crippen LogP contribution in [0.15, 0.2) is 36.4 Å². The first kappa shape index (κ1) is 22.3. The molecule has 1 heterocycles. The number of esters is 1. The minimum absolute atomic E-state index is 0.107. The van der Waals surface area contributed by atoms with Crippen molar-refractivity contribution in [2.45, 2.75) is 33.1 Å². The van der Waals surface area contributed by atoms with Crippen molar-refractivity contribution in [2.24, 2.45) is 23.7 Å². The average molecular weight is 454 g/mol. The van der Waals surface area contributed by atoms with Crippen molar-refractivity contribution in [3.8, 4) is 11.1 Å². The molecule has 2 aromatic rings. The minimum atomic E-state index is -0.948. The quantitative estimate of drug-likeness (QED) is 0.478. The first-order valence-electron chi connectivity index (χ1n) is 10.9. The van der Waals surface area contributed by atoms with Gasteiger partial charge in [-0.1, -0.05) is 43.3 Å². The molecular weight excluding hydrogens is 426 g/mol. The van der Waals surface area contributed by atoms with E-state index in [-0.39, 0.29) is 17.7 Å². The molecule has 7 heteroatoms. The largest absolute Gasteiger partial charge is 0.481 e. The van der Waals surface area contributed by atoms with Gasteiger partial charge in [0.15, 0.2) is 0 Å². The van der Waals surface area contributed by atoms with Gasteiger partial charge < -0.3 is 15.2 Å². The van der Waals surface area contributed by atoms with Crippen LogP contribution in [0.5, 0.6) is 0 Å². The van der Waals surface area contributed by atoms with Gasteiger partial charge in [-0.25, -0.2) is 4.79 Å². The fourth-order valence-electron chi connectivity index (χ4n) is 5.07. The van der Waals surface area contributed by atoms with E-state index in [2.05, 4.69) is 12.2 Å². The molecule has 0 spiro atoms. The molecule has 1 fully saturated rings. The number of benzene rings is 1. The lowest BCUT2D eigenvalue weighted by atomic mass is 9.62. The number of ether oxygens (including phenoxy) is 1. The van der Waals surface area contributed by atoms with Gasteiger partial charge in [-0.3, -0.25) is 9.59 Å². The summed E-state index contributed by atoms with van der Waals surface area (Å²) in [5.41, 5.74) is 3.12. The number of amides is 1. The van der Waals surface area contributed by atoms with Crippen LogP contribution in [-0.2, 0) is 20.7 Å². The van der Waals surface area contributed by atoms with E-state index in [1.165, 1.54) is 24.0 Å². The van der Waals surface area contributed by atoms with Gasteiger partial charge in [0.2, 0.25) is 5.91 Å². The molecule has 1 saturated carbocycles. The Bertz CT molecular complexity index is 1080. The molecular formula is C25H27NO5S. The number of carboxylic acids is 1. The number of aryl methyl sites for hydroxylation is 2. The number of rotatable bonds is 6. The van der Waals surface area contributed by atoms with Gasteiger partial charge in [-0.15, -0.1) is 11.3 Å². The molecule has 1 aromatic heterocycles. The summed E-state index contributed by atoms with van der Waals surface area (Å²) in [6.07, 6.45) is 6.40. The number of nitrogens with one attached hydrogen (secondary N) is 1. The van der Waals surface area contributed by atoms with Crippen molar-refractivity contribution in [2.75, 3.05) is 12.4 Å². The third-order valence-electron chi connectivity index (χ3n) is 6.70. The molecule has 5 rings (SSSR count). The van der Waals surface area contributed by atoms with Crippen LogP contribution in [0.1, 0.15) is 40.6 Å². The van der Waals surface area contributed by atoms with E-state index in [0.29, 0.717) is 10.6 Å². The van der Waals surface area contributed by atoms with Crippen LogP contribution < -0.4 is 5.32 Å². The average Bonchev–Trinajstić information content (AvgIpc) is 3.13. The van der Waals surface area contributed by atoms with E-state index in [1.807, 2.05) is 43.3 Å². The summed E-state index contributed by atoms with van der Waals surface area (Å²) in [4.78, 5) is 38.9. The Labute approximate surface area is 191 Å². The number of carbonyl (C=O) groups excluding carboxylic acids is 2. The summed E-state index contributed by atoms with van der Waals surface area (Å²) >= 11 is 1.31. The highest BCUT2D eigenvalue weighted by atomic mass is 32.1. The summed E-state index contributed by atoms with van der Waals surface area (Å²) in [6.45, 7) is 3.98. The SMILES string of the molecule is CCc1ccc(-c2c(C)sc(NC(=O)[C@H]3[C@@H](C(=O)O)[C@H]4C=C[C@@H]3CC4)c2C(=O)OC)cc1. The summed E-state index contributed by atoms with van der Waals surface area (Å²) < 4.78 is 5.04. The van der Waals surface area contributed by atoms with Gasteiger partial charge in [0.1, 0.15) is 10.6 Å². The minimum Gasteiger partial charge on any atom is -0.481 e. The van der Waals surface area contributed by atoms with Crippen molar-refractivity contribution in [3.05, 3.63) is 52.4 Å². The Morgan fingerprint density at radius 2 is 1.72 bits per heavy atom. The molecule has 32 heavy (non-hydrogen) atoms. The zero-order valence-corrected chi connectivity index (χ0v) is 19.2. The zero-order valence-electron chi connectivity index (χ0n) is 18.4. The Hall–Kier alpha value is -2.93. The maximum Gasteiger partial charge on any atom is 0.341 e. The topological polar surface area (TPSA) is 92.7 Å². The second-order valence-corrected chi connectivity index (χ2v) is 9.67. The third-order valence-corrected chi connectivity index (χ3v) is 7.72. The second-order valence-electron chi connectivity index (χ2n) is 8.45. The van der Waals surface area contributed by atoms with Crippen LogP contribution in [0.3, 0.4) is 0 Å². The Kier molecular flexibility index (Phi) is 6.20. The highest BCUT2D eigenvalue weighted by Crippen LogP contribution is 2.46. The Morgan fingerprint density at radius 3 is 2.25 bits per heavy atom. The van der Waals surface area contributed by atoms with Crippen LogP contribution in [0, 0.1) is 30.6 Å². The Morgan fingerprint density at radius 1 is 1.09 bits per heavy atom. The van der Waals surface area contributed by atoms with E-state index in [9.17, 15) is 19.5 Å². The van der Waals surface area contributed by atoms with E-state index >= 15 is 0 Å². The van der Waals surface area contributed by atoms with Crippen LogP contribution >= 0.6 is 11.3 Å². The molecule has 2 N–H and O–H groups in total. The van der Waals surface area contributed by atoms with Crippen molar-refractivity contribution in [1.29, 1.82) is 0 Å². The zero-order chi connectivity index (χ0) is 23.0. The van der Waals surface area contributed by atoms with Crippen LogP contribution in [0.25, 0.3) is 11.1 Å². The highest BCUT2D eigenvalue weighted by Gasteiger charge is 2.48. The first-order valence-corrected chi connectivity index (χ1v) is 11.7. The molecule has 0 unspecified atom stereocenters. The van der Waals surface area contributed by atoms with Crippen LogP contribution in [-0.4, -0.2) is 30.1 Å². The summed E-state index contributed by atoms with van der Waals surface area (Å²) in [6, 6.07) is 7.98. The Balaban J connectivity index is 1.71. The molecule has 1 aromatic carbocycles. The number of allylic oxidation sites excluding steroid dienone is 2. The molecule has 3 aliphatic rings. The third kappa shape index (κ3) is 3.86. The highest BCUT2D eigenvalue weighted by molar-refractivity contribution is 7.17. The number of thiophene rings is 1. The molecule has 168 valence electrons. The van der Waals surface area contributed by atoms with Crippen LogP contribution in [0.2, 0.25) is 0 Å². The predicted molar refractivity (Wildman–Crippen MR) is 124 cm³/mol. The molecule has 0 saturated heterocycles. The van der Waals surface area contributed by atoms with E-state index in [1.54, 1.807) is 0 Å². The summed E-state index contributed by atoms with van der Waals surface area (Å²) in [7, 11) is 1.32. The molecule has 0 radical (unpaired) electrons. The van der Waals surface area contributed by atoms with Crippen molar-refractivity contribution >= 4 is 34.2 Å². The van der Waals surface area contributed by atoms with Gasteiger partial charge in [0.05, 0.1) is 18.9 Å². The number of hydrogen-bond donors (Lipinski definition) is 2. The summed E-state index contributed by atoms with van der Waals surface area (Å²) in [5, 5.41) is 13.1. The normalized spacial score (nSPS) is 23.7. The molecule has 1 amide bonds. The summed E-state index contributed by atoms with van der Waals surface area (Å²) in [5.74, 6) is -3.47.